The fourth-order valence-corrected chi connectivity index (χ4v) is 2.44. The first-order valence-corrected chi connectivity index (χ1v) is 6.92. The average molecular weight is 281 g/mol. The van der Waals surface area contributed by atoms with Crippen LogP contribution in [-0.4, -0.2) is 10.1 Å². The lowest BCUT2D eigenvalue weighted by Crippen LogP contribution is -2.03. The molecule has 21 heavy (non-hydrogen) atoms. The fourth-order valence-electron chi connectivity index (χ4n) is 2.44. The number of rotatable bonds is 3. The Morgan fingerprint density at radius 1 is 1.10 bits per heavy atom. The quantitative estimate of drug-likeness (QED) is 0.788. The Labute approximate surface area is 122 Å². The van der Waals surface area contributed by atoms with Crippen LogP contribution in [0, 0.1) is 12.7 Å². The van der Waals surface area contributed by atoms with Crippen LogP contribution in [0.25, 0.3) is 10.9 Å². The van der Waals surface area contributed by atoms with Crippen molar-refractivity contribution in [2.45, 2.75) is 19.4 Å². The monoisotopic (exact) mass is 281 g/mol. The molecule has 1 aromatic heterocycles. The lowest BCUT2D eigenvalue weighted by molar-refractivity contribution is 0.177. The van der Waals surface area contributed by atoms with Crippen LogP contribution in [0.15, 0.2) is 54.6 Å². The number of aromatic nitrogens is 1. The van der Waals surface area contributed by atoms with Crippen LogP contribution in [0.5, 0.6) is 0 Å². The molecule has 2 nitrogen and oxygen atoms in total. The van der Waals surface area contributed by atoms with Gasteiger partial charge < -0.3 is 5.11 Å². The molecule has 1 atom stereocenters. The Morgan fingerprint density at radius 3 is 2.71 bits per heavy atom. The SMILES string of the molecule is Cc1ccc2cc(C(O)Cc3ccccc3F)ccc2n1. The molecule has 106 valence electrons. The molecule has 0 amide bonds. The summed E-state index contributed by atoms with van der Waals surface area (Å²) in [5.74, 6) is -0.283. The van der Waals surface area contributed by atoms with E-state index in [1.54, 1.807) is 18.2 Å². The standard InChI is InChI=1S/C18H16FNO/c1-12-6-7-14-10-15(8-9-17(14)20-12)18(21)11-13-4-2-3-5-16(13)19/h2-10,18,21H,11H2,1H3. The number of aryl methyl sites for hydroxylation is 1. The summed E-state index contributed by atoms with van der Waals surface area (Å²) in [6.07, 6.45) is -0.468. The van der Waals surface area contributed by atoms with E-state index in [9.17, 15) is 9.50 Å². The molecule has 3 aromatic rings. The van der Waals surface area contributed by atoms with Crippen molar-refractivity contribution >= 4 is 10.9 Å². The first-order chi connectivity index (χ1) is 10.1. The van der Waals surface area contributed by atoms with E-state index in [2.05, 4.69) is 4.98 Å². The van der Waals surface area contributed by atoms with Gasteiger partial charge in [0.2, 0.25) is 0 Å². The zero-order chi connectivity index (χ0) is 14.8. The molecule has 0 fully saturated rings. The summed E-state index contributed by atoms with van der Waals surface area (Å²) in [6, 6.07) is 16.1. The van der Waals surface area contributed by atoms with Crippen LogP contribution < -0.4 is 0 Å². The molecular formula is C18H16FNO. The summed E-state index contributed by atoms with van der Waals surface area (Å²) in [6.45, 7) is 1.94. The zero-order valence-corrected chi connectivity index (χ0v) is 11.8. The lowest BCUT2D eigenvalue weighted by atomic mass is 9.99. The molecule has 3 heteroatoms. The van der Waals surface area contributed by atoms with Gasteiger partial charge in [0, 0.05) is 17.5 Å². The van der Waals surface area contributed by atoms with Crippen molar-refractivity contribution in [3.05, 3.63) is 77.2 Å². The Hall–Kier alpha value is -2.26. The maximum Gasteiger partial charge on any atom is 0.126 e. The highest BCUT2D eigenvalue weighted by Crippen LogP contribution is 2.23. The van der Waals surface area contributed by atoms with Crippen LogP contribution in [0.1, 0.15) is 22.9 Å². The molecule has 0 spiro atoms. The number of hydrogen-bond donors (Lipinski definition) is 1. The van der Waals surface area contributed by atoms with Gasteiger partial charge in [0.15, 0.2) is 0 Å². The Kier molecular flexibility index (Phi) is 3.67. The van der Waals surface area contributed by atoms with Gasteiger partial charge in [-0.05, 0) is 42.3 Å². The third kappa shape index (κ3) is 2.93. The maximum atomic E-state index is 13.6. The van der Waals surface area contributed by atoms with E-state index in [4.69, 9.17) is 0 Å². The summed E-state index contributed by atoms with van der Waals surface area (Å²) in [4.78, 5) is 4.43. The normalized spacial score (nSPS) is 12.5. The second-order valence-electron chi connectivity index (χ2n) is 5.22. The number of fused-ring (bicyclic) bond motifs is 1. The second kappa shape index (κ2) is 5.62. The number of halogens is 1. The smallest absolute Gasteiger partial charge is 0.126 e. The predicted molar refractivity (Wildman–Crippen MR) is 81.5 cm³/mol. The number of aliphatic hydroxyl groups is 1. The molecule has 0 aliphatic heterocycles. The van der Waals surface area contributed by atoms with Gasteiger partial charge in [0.25, 0.3) is 0 Å². The molecule has 2 aromatic carbocycles. The van der Waals surface area contributed by atoms with E-state index in [1.165, 1.54) is 6.07 Å². The van der Waals surface area contributed by atoms with Crippen molar-refractivity contribution in [2.24, 2.45) is 0 Å². The number of aliphatic hydroxyl groups excluding tert-OH is 1. The summed E-state index contributed by atoms with van der Waals surface area (Å²) < 4.78 is 13.6. The van der Waals surface area contributed by atoms with E-state index in [-0.39, 0.29) is 12.2 Å². The van der Waals surface area contributed by atoms with Gasteiger partial charge in [0.05, 0.1) is 11.6 Å². The van der Waals surface area contributed by atoms with Crippen LogP contribution in [0.2, 0.25) is 0 Å². The van der Waals surface area contributed by atoms with Crippen molar-refractivity contribution in [3.8, 4) is 0 Å². The number of hydrogen-bond acceptors (Lipinski definition) is 2. The van der Waals surface area contributed by atoms with Gasteiger partial charge in [-0.3, -0.25) is 4.98 Å². The van der Waals surface area contributed by atoms with Crippen molar-refractivity contribution < 1.29 is 9.50 Å². The lowest BCUT2D eigenvalue weighted by Gasteiger charge is -2.12. The Morgan fingerprint density at radius 2 is 1.90 bits per heavy atom. The summed E-state index contributed by atoms with van der Waals surface area (Å²) in [7, 11) is 0. The highest BCUT2D eigenvalue weighted by molar-refractivity contribution is 5.79. The molecule has 0 radical (unpaired) electrons. The highest BCUT2D eigenvalue weighted by Gasteiger charge is 2.12. The fraction of sp³-hybridized carbons (Fsp3) is 0.167. The topological polar surface area (TPSA) is 33.1 Å². The molecule has 0 saturated heterocycles. The molecule has 0 aliphatic rings. The van der Waals surface area contributed by atoms with E-state index >= 15 is 0 Å². The number of benzene rings is 2. The molecule has 1 N–H and O–H groups in total. The highest BCUT2D eigenvalue weighted by atomic mass is 19.1. The first kappa shape index (κ1) is 13.7. The molecule has 0 bridgehead atoms. The summed E-state index contributed by atoms with van der Waals surface area (Å²) in [5.41, 5.74) is 3.16. The van der Waals surface area contributed by atoms with Crippen LogP contribution in [0.3, 0.4) is 0 Å². The van der Waals surface area contributed by atoms with Gasteiger partial charge in [0.1, 0.15) is 5.82 Å². The third-order valence-corrected chi connectivity index (χ3v) is 3.61. The molecule has 3 rings (SSSR count). The first-order valence-electron chi connectivity index (χ1n) is 6.92. The van der Waals surface area contributed by atoms with Gasteiger partial charge in [-0.15, -0.1) is 0 Å². The van der Waals surface area contributed by atoms with Crippen LogP contribution >= 0.6 is 0 Å². The minimum Gasteiger partial charge on any atom is -0.388 e. The van der Waals surface area contributed by atoms with Crippen LogP contribution in [0.4, 0.5) is 4.39 Å². The maximum absolute atomic E-state index is 13.6. The van der Waals surface area contributed by atoms with E-state index in [0.29, 0.717) is 5.56 Å². The van der Waals surface area contributed by atoms with Gasteiger partial charge in [-0.2, -0.15) is 0 Å². The molecule has 0 saturated carbocycles. The number of nitrogens with zero attached hydrogens (tertiary/aromatic N) is 1. The third-order valence-electron chi connectivity index (χ3n) is 3.61. The summed E-state index contributed by atoms with van der Waals surface area (Å²) >= 11 is 0. The van der Waals surface area contributed by atoms with Crippen molar-refractivity contribution in [1.29, 1.82) is 0 Å². The van der Waals surface area contributed by atoms with Crippen molar-refractivity contribution in [3.63, 3.8) is 0 Å². The average Bonchev–Trinajstić information content (AvgIpc) is 2.49. The van der Waals surface area contributed by atoms with E-state index < -0.39 is 6.10 Å². The minimum absolute atomic E-state index is 0.261. The van der Waals surface area contributed by atoms with E-state index in [1.807, 2.05) is 37.3 Å². The molecule has 0 aliphatic carbocycles. The Bertz CT molecular complexity index is 785. The van der Waals surface area contributed by atoms with Gasteiger partial charge in [-0.1, -0.05) is 30.3 Å². The van der Waals surface area contributed by atoms with E-state index in [0.717, 1.165) is 22.2 Å². The minimum atomic E-state index is -0.729. The molecular weight excluding hydrogens is 265 g/mol. The van der Waals surface area contributed by atoms with Crippen molar-refractivity contribution in [1.82, 2.24) is 4.98 Å². The van der Waals surface area contributed by atoms with Crippen molar-refractivity contribution in [2.75, 3.05) is 0 Å². The van der Waals surface area contributed by atoms with Gasteiger partial charge in [-0.25, -0.2) is 4.39 Å². The number of pyridine rings is 1. The Balaban J connectivity index is 1.89. The molecule has 1 heterocycles. The zero-order valence-electron chi connectivity index (χ0n) is 11.8. The van der Waals surface area contributed by atoms with Gasteiger partial charge >= 0.3 is 0 Å². The summed E-state index contributed by atoms with van der Waals surface area (Å²) in [5, 5.41) is 11.3. The second-order valence-corrected chi connectivity index (χ2v) is 5.22. The largest absolute Gasteiger partial charge is 0.388 e. The molecule has 1 unspecified atom stereocenters. The van der Waals surface area contributed by atoms with Crippen LogP contribution in [-0.2, 0) is 6.42 Å². The predicted octanol–water partition coefficient (Wildman–Crippen LogP) is 3.96.